The zero-order valence-corrected chi connectivity index (χ0v) is 20.5. The number of aromatic nitrogens is 4. The average molecular weight is 490 g/mol. The first-order valence-electron chi connectivity index (χ1n) is 11.7. The molecule has 1 aliphatic heterocycles. The van der Waals surface area contributed by atoms with Gasteiger partial charge >= 0.3 is 0 Å². The van der Waals surface area contributed by atoms with Crippen LogP contribution in [0.3, 0.4) is 0 Å². The third-order valence-corrected chi connectivity index (χ3v) is 6.92. The van der Waals surface area contributed by atoms with Crippen molar-refractivity contribution in [3.63, 3.8) is 0 Å². The van der Waals surface area contributed by atoms with Crippen LogP contribution in [0.5, 0.6) is 0 Å². The summed E-state index contributed by atoms with van der Waals surface area (Å²) in [6.45, 7) is 5.05. The molecular formula is C26H27N5O3S. The quantitative estimate of drug-likeness (QED) is 0.310. The lowest BCUT2D eigenvalue weighted by Gasteiger charge is -2.16. The van der Waals surface area contributed by atoms with Crippen molar-refractivity contribution in [1.29, 1.82) is 0 Å². The van der Waals surface area contributed by atoms with Gasteiger partial charge in [-0.15, -0.1) is 0 Å². The Morgan fingerprint density at radius 3 is 2.74 bits per heavy atom. The second kappa shape index (κ2) is 10.1. The number of amides is 1. The molecule has 0 spiro atoms. The number of nitrogens with zero attached hydrogens (tertiary/aromatic N) is 4. The first-order valence-corrected chi connectivity index (χ1v) is 12.6. The molecule has 1 amide bonds. The summed E-state index contributed by atoms with van der Waals surface area (Å²) in [5, 5.41) is 8.57. The van der Waals surface area contributed by atoms with E-state index in [4.69, 9.17) is 9.72 Å². The minimum atomic E-state index is -0.200. The van der Waals surface area contributed by atoms with Crippen molar-refractivity contribution in [3.8, 4) is 5.69 Å². The zero-order chi connectivity index (χ0) is 24.4. The molecule has 0 bridgehead atoms. The number of para-hydroxylation sites is 1. The van der Waals surface area contributed by atoms with E-state index in [-0.39, 0.29) is 23.3 Å². The Morgan fingerprint density at radius 2 is 1.97 bits per heavy atom. The lowest BCUT2D eigenvalue weighted by molar-refractivity contribution is -0.113. The fourth-order valence-electron chi connectivity index (χ4n) is 4.19. The standard InChI is InChI=1S/C26H27N5O3S/c1-17-9-11-19(12-10-17)31-23(14-18(2)29-31)28-24(32)16-35-26-27-22-8-4-3-7-21(22)25(33)30(26)15-20-6-5-13-34-20/h3-4,7-12,14,20H,5-6,13,15-16H2,1-2H3,(H,28,32). The van der Waals surface area contributed by atoms with Crippen molar-refractivity contribution in [2.75, 3.05) is 17.7 Å². The smallest absolute Gasteiger partial charge is 0.262 e. The van der Waals surface area contributed by atoms with Gasteiger partial charge in [0, 0.05) is 12.7 Å². The molecule has 1 unspecified atom stereocenters. The van der Waals surface area contributed by atoms with E-state index in [1.807, 2.05) is 62.4 Å². The van der Waals surface area contributed by atoms with E-state index in [1.165, 1.54) is 11.8 Å². The summed E-state index contributed by atoms with van der Waals surface area (Å²) in [6.07, 6.45) is 1.88. The van der Waals surface area contributed by atoms with Crippen molar-refractivity contribution in [2.24, 2.45) is 0 Å². The van der Waals surface area contributed by atoms with Crippen molar-refractivity contribution in [3.05, 3.63) is 76.2 Å². The highest BCUT2D eigenvalue weighted by Crippen LogP contribution is 2.22. The topological polar surface area (TPSA) is 91.0 Å². The predicted molar refractivity (Wildman–Crippen MR) is 137 cm³/mol. The van der Waals surface area contributed by atoms with Crippen LogP contribution < -0.4 is 10.9 Å². The Hall–Kier alpha value is -3.43. The lowest BCUT2D eigenvalue weighted by atomic mass is 10.2. The third kappa shape index (κ3) is 5.16. The molecule has 8 nitrogen and oxygen atoms in total. The van der Waals surface area contributed by atoms with Crippen LogP contribution in [-0.2, 0) is 16.1 Å². The van der Waals surface area contributed by atoms with E-state index in [9.17, 15) is 9.59 Å². The number of rotatable bonds is 7. The molecule has 9 heteroatoms. The molecule has 0 radical (unpaired) electrons. The highest BCUT2D eigenvalue weighted by atomic mass is 32.2. The van der Waals surface area contributed by atoms with Gasteiger partial charge in [0.05, 0.1) is 40.7 Å². The molecule has 0 aliphatic carbocycles. The van der Waals surface area contributed by atoms with E-state index in [1.54, 1.807) is 15.3 Å². The highest BCUT2D eigenvalue weighted by Gasteiger charge is 2.21. The number of ether oxygens (including phenoxy) is 1. The Bertz CT molecular complexity index is 1420. The molecule has 1 saturated heterocycles. The molecular weight excluding hydrogens is 462 g/mol. The number of nitrogens with one attached hydrogen (secondary N) is 1. The van der Waals surface area contributed by atoms with E-state index < -0.39 is 0 Å². The van der Waals surface area contributed by atoms with E-state index in [2.05, 4.69) is 10.4 Å². The summed E-state index contributed by atoms with van der Waals surface area (Å²) in [5.74, 6) is 0.503. The van der Waals surface area contributed by atoms with Crippen molar-refractivity contribution < 1.29 is 9.53 Å². The normalized spacial score (nSPS) is 15.5. The number of fused-ring (bicyclic) bond motifs is 1. The van der Waals surface area contributed by atoms with Crippen LogP contribution in [0, 0.1) is 13.8 Å². The maximum atomic E-state index is 13.2. The Balaban J connectivity index is 1.36. The molecule has 180 valence electrons. The second-order valence-electron chi connectivity index (χ2n) is 8.72. The largest absolute Gasteiger partial charge is 0.376 e. The molecule has 2 aromatic heterocycles. The number of hydrogen-bond acceptors (Lipinski definition) is 6. The monoisotopic (exact) mass is 489 g/mol. The Labute approximate surface area is 207 Å². The van der Waals surface area contributed by atoms with Crippen LogP contribution in [-0.4, -0.2) is 43.7 Å². The number of thioether (sulfide) groups is 1. The van der Waals surface area contributed by atoms with Crippen LogP contribution in [0.2, 0.25) is 0 Å². The SMILES string of the molecule is Cc1ccc(-n2nc(C)cc2NC(=O)CSc2nc3ccccc3c(=O)n2CC2CCCO2)cc1. The highest BCUT2D eigenvalue weighted by molar-refractivity contribution is 7.99. The van der Waals surface area contributed by atoms with Crippen LogP contribution >= 0.6 is 11.8 Å². The summed E-state index contributed by atoms with van der Waals surface area (Å²) in [7, 11) is 0. The Morgan fingerprint density at radius 1 is 1.17 bits per heavy atom. The summed E-state index contributed by atoms with van der Waals surface area (Å²) in [4.78, 5) is 30.9. The number of hydrogen-bond donors (Lipinski definition) is 1. The van der Waals surface area contributed by atoms with Crippen LogP contribution in [0.15, 0.2) is 64.5 Å². The molecule has 3 heterocycles. The van der Waals surface area contributed by atoms with Crippen molar-refractivity contribution >= 4 is 34.4 Å². The zero-order valence-electron chi connectivity index (χ0n) is 19.7. The molecule has 5 rings (SSSR count). The summed E-state index contributed by atoms with van der Waals surface area (Å²) in [5.41, 5.74) is 3.33. The minimum absolute atomic E-state index is 0.0179. The number of anilines is 1. The Kier molecular flexibility index (Phi) is 6.70. The average Bonchev–Trinajstić information content (AvgIpc) is 3.50. The third-order valence-electron chi connectivity index (χ3n) is 5.95. The van der Waals surface area contributed by atoms with Crippen molar-refractivity contribution in [2.45, 2.75) is 44.5 Å². The number of aryl methyl sites for hydroxylation is 2. The van der Waals surface area contributed by atoms with Gasteiger partial charge in [0.2, 0.25) is 5.91 Å². The predicted octanol–water partition coefficient (Wildman–Crippen LogP) is 4.11. The molecule has 1 fully saturated rings. The number of carbonyl (C=O) groups excluding carboxylic acids is 1. The van der Waals surface area contributed by atoms with Gasteiger partial charge < -0.3 is 10.1 Å². The molecule has 1 N–H and O–H groups in total. The molecule has 0 saturated carbocycles. The van der Waals surface area contributed by atoms with Gasteiger partial charge in [-0.05, 0) is 51.0 Å². The summed E-state index contributed by atoms with van der Waals surface area (Å²) < 4.78 is 9.13. The van der Waals surface area contributed by atoms with Gasteiger partial charge in [-0.3, -0.25) is 14.2 Å². The molecule has 4 aromatic rings. The fourth-order valence-corrected chi connectivity index (χ4v) is 5.00. The lowest BCUT2D eigenvalue weighted by Crippen LogP contribution is -2.29. The minimum Gasteiger partial charge on any atom is -0.376 e. The van der Waals surface area contributed by atoms with Gasteiger partial charge in [-0.25, -0.2) is 9.67 Å². The van der Waals surface area contributed by atoms with E-state index in [0.29, 0.717) is 35.0 Å². The van der Waals surface area contributed by atoms with Gasteiger partial charge in [0.15, 0.2) is 5.16 Å². The van der Waals surface area contributed by atoms with Crippen LogP contribution in [0.25, 0.3) is 16.6 Å². The van der Waals surface area contributed by atoms with Gasteiger partial charge in [0.25, 0.3) is 5.56 Å². The van der Waals surface area contributed by atoms with Gasteiger partial charge in [0.1, 0.15) is 5.82 Å². The van der Waals surface area contributed by atoms with Crippen LogP contribution in [0.4, 0.5) is 5.82 Å². The second-order valence-corrected chi connectivity index (χ2v) is 9.66. The fraction of sp³-hybridized carbons (Fsp3) is 0.308. The summed E-state index contributed by atoms with van der Waals surface area (Å²) in [6, 6.07) is 17.1. The van der Waals surface area contributed by atoms with Gasteiger partial charge in [-0.2, -0.15) is 5.10 Å². The number of benzene rings is 2. The first kappa shape index (κ1) is 23.3. The number of carbonyl (C=O) groups is 1. The van der Waals surface area contributed by atoms with Crippen molar-refractivity contribution in [1.82, 2.24) is 19.3 Å². The first-order chi connectivity index (χ1) is 17.0. The van der Waals surface area contributed by atoms with Crippen LogP contribution in [0.1, 0.15) is 24.1 Å². The molecule has 2 aromatic carbocycles. The maximum Gasteiger partial charge on any atom is 0.262 e. The van der Waals surface area contributed by atoms with E-state index >= 15 is 0 Å². The molecule has 1 aliphatic rings. The molecule has 1 atom stereocenters. The molecule has 35 heavy (non-hydrogen) atoms. The maximum absolute atomic E-state index is 13.2. The van der Waals surface area contributed by atoms with E-state index in [0.717, 1.165) is 29.8 Å². The summed E-state index contributed by atoms with van der Waals surface area (Å²) >= 11 is 1.25. The van der Waals surface area contributed by atoms with Gasteiger partial charge in [-0.1, -0.05) is 41.6 Å².